The monoisotopic (exact) mass is 510 g/mol. The minimum Gasteiger partial charge on any atom is -0.491 e. The maximum Gasteiger partial charge on any atom is 0.310 e. The predicted molar refractivity (Wildman–Crippen MR) is 137 cm³/mol. The molecule has 34 heavy (non-hydrogen) atoms. The zero-order chi connectivity index (χ0) is 23.5. The lowest BCUT2D eigenvalue weighted by Gasteiger charge is -2.22. The summed E-state index contributed by atoms with van der Waals surface area (Å²) in [4.78, 5) is 11.9. The number of esters is 1. The van der Waals surface area contributed by atoms with Gasteiger partial charge in [-0.05, 0) is 62.4 Å². The Morgan fingerprint density at radius 2 is 1.74 bits per heavy atom. The first-order valence-electron chi connectivity index (χ1n) is 11.7. The van der Waals surface area contributed by atoms with Crippen LogP contribution < -0.4 is 19.5 Å². The molecule has 7 nitrogen and oxygen atoms in total. The van der Waals surface area contributed by atoms with Crippen LogP contribution in [-0.2, 0) is 20.6 Å². The molecule has 0 radical (unpaired) electrons. The number of piperidine rings is 1. The average Bonchev–Trinajstić information content (AvgIpc) is 2.81. The first-order valence-corrected chi connectivity index (χ1v) is 13.3. The number of anilines is 1. The van der Waals surface area contributed by atoms with Crippen molar-refractivity contribution in [2.45, 2.75) is 51.2 Å². The second-order valence-electron chi connectivity index (χ2n) is 8.34. The van der Waals surface area contributed by atoms with Gasteiger partial charge in [0.15, 0.2) is 5.75 Å². The number of halogens is 1. The van der Waals surface area contributed by atoms with E-state index in [0.717, 1.165) is 31.8 Å². The van der Waals surface area contributed by atoms with Crippen LogP contribution in [0.3, 0.4) is 0 Å². The van der Waals surface area contributed by atoms with Crippen molar-refractivity contribution in [1.82, 2.24) is 5.32 Å². The first kappa shape index (κ1) is 28.0. The summed E-state index contributed by atoms with van der Waals surface area (Å²) in [6, 6.07) is 13.9. The Morgan fingerprint density at radius 3 is 2.44 bits per heavy atom. The van der Waals surface area contributed by atoms with E-state index in [0.29, 0.717) is 17.9 Å². The van der Waals surface area contributed by atoms with Crippen molar-refractivity contribution in [1.29, 1.82) is 0 Å². The number of carbonyl (C=O) groups is 1. The summed E-state index contributed by atoms with van der Waals surface area (Å²) in [5, 5.41) is 3.38. The lowest BCUT2D eigenvalue weighted by atomic mass is 9.93. The van der Waals surface area contributed by atoms with Crippen molar-refractivity contribution in [3.63, 3.8) is 0 Å². The molecular weight excluding hydrogens is 476 g/mol. The number of nitrogens with one attached hydrogen (secondary N) is 2. The Morgan fingerprint density at radius 1 is 1.03 bits per heavy atom. The molecule has 2 aromatic carbocycles. The molecule has 0 amide bonds. The van der Waals surface area contributed by atoms with Gasteiger partial charge in [0.25, 0.3) is 0 Å². The van der Waals surface area contributed by atoms with Crippen LogP contribution in [0.15, 0.2) is 48.5 Å². The van der Waals surface area contributed by atoms with E-state index in [2.05, 4.69) is 10.0 Å². The van der Waals surface area contributed by atoms with Crippen molar-refractivity contribution in [2.24, 2.45) is 5.92 Å². The molecule has 188 valence electrons. The number of benzene rings is 2. The van der Waals surface area contributed by atoms with Gasteiger partial charge in [-0.3, -0.25) is 9.52 Å². The number of unbranched alkanes of at least 4 members (excludes halogenated alkanes) is 1. The summed E-state index contributed by atoms with van der Waals surface area (Å²) in [5.41, 5.74) is 0.821. The van der Waals surface area contributed by atoms with E-state index in [-0.39, 0.29) is 36.0 Å². The van der Waals surface area contributed by atoms with Crippen molar-refractivity contribution < 1.29 is 22.7 Å². The molecule has 0 unspecified atom stereocenters. The molecule has 2 N–H and O–H groups in total. The van der Waals surface area contributed by atoms with E-state index in [4.69, 9.17) is 9.47 Å². The van der Waals surface area contributed by atoms with Crippen LogP contribution in [0.25, 0.3) is 0 Å². The van der Waals surface area contributed by atoms with E-state index in [1.165, 1.54) is 19.3 Å². The largest absolute Gasteiger partial charge is 0.491 e. The third-order valence-corrected chi connectivity index (χ3v) is 6.91. The Bertz CT molecular complexity index is 996. The standard InChI is InChI=1S/C25H34N2O5S.ClH/c1-2-24(28)32-23-13-8-12-22(31-18-7-6-9-20-14-16-26-17-15-20)25(23)27-33(29,30)19-21-10-4-3-5-11-21;/h3-5,8,10-13,20,26-27H,2,6-7,9,14-19H2,1H3;1H. The van der Waals surface area contributed by atoms with Crippen LogP contribution in [-0.4, -0.2) is 34.1 Å². The third-order valence-electron chi connectivity index (χ3n) is 5.68. The van der Waals surface area contributed by atoms with Crippen LogP contribution in [0.1, 0.15) is 51.0 Å². The third kappa shape index (κ3) is 9.16. The molecule has 0 spiro atoms. The zero-order valence-corrected chi connectivity index (χ0v) is 21.3. The Labute approximate surface area is 209 Å². The highest BCUT2D eigenvalue weighted by Crippen LogP contribution is 2.36. The first-order chi connectivity index (χ1) is 16.0. The summed E-state index contributed by atoms with van der Waals surface area (Å²) in [7, 11) is -3.75. The van der Waals surface area contributed by atoms with Gasteiger partial charge in [-0.1, -0.05) is 49.7 Å². The van der Waals surface area contributed by atoms with Gasteiger partial charge in [-0.2, -0.15) is 0 Å². The molecular formula is C25H35ClN2O5S. The number of hydrogen-bond donors (Lipinski definition) is 2. The quantitative estimate of drug-likeness (QED) is 0.239. The van der Waals surface area contributed by atoms with Gasteiger partial charge >= 0.3 is 5.97 Å². The maximum atomic E-state index is 12.9. The highest BCUT2D eigenvalue weighted by molar-refractivity contribution is 7.91. The number of rotatable bonds is 12. The molecule has 1 fully saturated rings. The molecule has 0 atom stereocenters. The van der Waals surface area contributed by atoms with E-state index in [1.807, 2.05) is 6.07 Å². The smallest absolute Gasteiger partial charge is 0.310 e. The number of ether oxygens (including phenoxy) is 2. The fraction of sp³-hybridized carbons (Fsp3) is 0.480. The minimum atomic E-state index is -3.75. The van der Waals surface area contributed by atoms with Gasteiger partial charge < -0.3 is 14.8 Å². The topological polar surface area (TPSA) is 93.7 Å². The molecule has 3 rings (SSSR count). The summed E-state index contributed by atoms with van der Waals surface area (Å²) in [5.74, 6) is 0.626. The lowest BCUT2D eigenvalue weighted by molar-refractivity contribution is -0.133. The summed E-state index contributed by atoms with van der Waals surface area (Å²) in [6.45, 7) is 4.34. The van der Waals surface area contributed by atoms with Crippen molar-refractivity contribution in [3.8, 4) is 11.5 Å². The zero-order valence-electron chi connectivity index (χ0n) is 19.6. The van der Waals surface area contributed by atoms with Crippen LogP contribution in [0, 0.1) is 5.92 Å². The molecule has 0 aromatic heterocycles. The molecule has 1 saturated heterocycles. The highest BCUT2D eigenvalue weighted by atomic mass is 35.5. The van der Waals surface area contributed by atoms with Gasteiger partial charge in [0.05, 0.1) is 12.4 Å². The molecule has 1 aliphatic heterocycles. The number of para-hydroxylation sites is 1. The molecule has 0 bridgehead atoms. The normalized spacial score (nSPS) is 14.1. The Balaban J connectivity index is 0.00000408. The van der Waals surface area contributed by atoms with Crippen molar-refractivity contribution >= 4 is 34.1 Å². The van der Waals surface area contributed by atoms with E-state index < -0.39 is 16.0 Å². The highest BCUT2D eigenvalue weighted by Gasteiger charge is 2.20. The average molecular weight is 511 g/mol. The van der Waals surface area contributed by atoms with Gasteiger partial charge in [-0.25, -0.2) is 8.42 Å². The van der Waals surface area contributed by atoms with E-state index >= 15 is 0 Å². The maximum absolute atomic E-state index is 12.9. The molecule has 0 saturated carbocycles. The van der Waals surface area contributed by atoms with Gasteiger partial charge in [0.2, 0.25) is 10.0 Å². The summed E-state index contributed by atoms with van der Waals surface area (Å²) in [6.07, 6.45) is 5.73. The number of sulfonamides is 1. The summed E-state index contributed by atoms with van der Waals surface area (Å²) < 4.78 is 39.7. The van der Waals surface area contributed by atoms with Gasteiger partial charge in [-0.15, -0.1) is 12.4 Å². The molecule has 2 aromatic rings. The number of hydrogen-bond acceptors (Lipinski definition) is 6. The van der Waals surface area contributed by atoms with Crippen LogP contribution in [0.5, 0.6) is 11.5 Å². The summed E-state index contributed by atoms with van der Waals surface area (Å²) >= 11 is 0. The minimum absolute atomic E-state index is 0. The van der Waals surface area contributed by atoms with Crippen LogP contribution in [0.2, 0.25) is 0 Å². The van der Waals surface area contributed by atoms with Crippen molar-refractivity contribution in [2.75, 3.05) is 24.4 Å². The predicted octanol–water partition coefficient (Wildman–Crippen LogP) is 4.91. The van der Waals surface area contributed by atoms with Crippen LogP contribution >= 0.6 is 12.4 Å². The fourth-order valence-electron chi connectivity index (χ4n) is 3.88. The van der Waals surface area contributed by atoms with Crippen molar-refractivity contribution in [3.05, 3.63) is 54.1 Å². The molecule has 0 aliphatic carbocycles. The fourth-order valence-corrected chi connectivity index (χ4v) is 5.10. The second-order valence-corrected chi connectivity index (χ2v) is 10.1. The molecule has 1 heterocycles. The lowest BCUT2D eigenvalue weighted by Crippen LogP contribution is -2.27. The van der Waals surface area contributed by atoms with Gasteiger partial charge in [0.1, 0.15) is 11.4 Å². The van der Waals surface area contributed by atoms with Gasteiger partial charge in [0, 0.05) is 6.42 Å². The van der Waals surface area contributed by atoms with Crippen LogP contribution in [0.4, 0.5) is 5.69 Å². The molecule has 9 heteroatoms. The SMILES string of the molecule is CCC(=O)Oc1cccc(OCCCCC2CCNCC2)c1NS(=O)(=O)Cc1ccccc1.Cl. The molecule has 1 aliphatic rings. The Hall–Kier alpha value is -2.29. The van der Waals surface area contributed by atoms with E-state index in [9.17, 15) is 13.2 Å². The second kappa shape index (κ2) is 14.2. The number of carbonyl (C=O) groups excluding carboxylic acids is 1. The van der Waals surface area contributed by atoms with E-state index in [1.54, 1.807) is 49.4 Å². The Kier molecular flexibility index (Phi) is 11.7.